The molecule has 0 bridgehead atoms. The Morgan fingerprint density at radius 3 is 1.62 bits per heavy atom. The van der Waals surface area contributed by atoms with E-state index in [1.807, 2.05) is 32.0 Å². The average molecular weight is 518 g/mol. The van der Waals surface area contributed by atoms with Gasteiger partial charge in [-0.25, -0.2) is 0 Å². The third kappa shape index (κ3) is 7.90. The molecule has 0 spiro atoms. The van der Waals surface area contributed by atoms with Crippen molar-refractivity contribution in [3.8, 4) is 0 Å². The molecule has 9 nitrogen and oxygen atoms in total. The zero-order chi connectivity index (χ0) is 23.7. The van der Waals surface area contributed by atoms with Crippen LogP contribution in [-0.2, 0) is 13.1 Å². The number of aryl methyl sites for hydroxylation is 2. The van der Waals surface area contributed by atoms with Gasteiger partial charge in [-0.1, -0.05) is 6.07 Å². The quantitative estimate of drug-likeness (QED) is 0.177. The molecule has 0 unspecified atom stereocenters. The Hall–Kier alpha value is -3.04. The summed E-state index contributed by atoms with van der Waals surface area (Å²) >= 11 is 0.194. The molecule has 3 aromatic rings. The van der Waals surface area contributed by atoms with Crippen molar-refractivity contribution in [1.82, 2.24) is 4.98 Å². The number of aromatic nitrogens is 1. The maximum absolute atomic E-state index is 10.9. The number of aliphatic imine (C=N–C) groups is 2. The average Bonchev–Trinajstić information content (AvgIpc) is 3.18. The van der Waals surface area contributed by atoms with Gasteiger partial charge in [0, 0.05) is 12.1 Å². The van der Waals surface area contributed by atoms with Crippen LogP contribution in [0.3, 0.4) is 0 Å². The van der Waals surface area contributed by atoms with Gasteiger partial charge in [0.25, 0.3) is 11.4 Å². The third-order valence-corrected chi connectivity index (χ3v) is 3.95. The molecule has 0 saturated carbocycles. The number of rotatable bonds is 6. The van der Waals surface area contributed by atoms with Crippen molar-refractivity contribution in [1.29, 1.82) is 0 Å². The zero-order valence-electron chi connectivity index (χ0n) is 16.8. The van der Waals surface area contributed by atoms with Crippen molar-refractivity contribution in [2.45, 2.75) is 13.8 Å². The van der Waals surface area contributed by atoms with Crippen LogP contribution < -0.4 is 0 Å². The number of nitrogens with zero attached hydrogens (tertiary/aromatic N) is 4. The summed E-state index contributed by atoms with van der Waals surface area (Å²) in [6, 6.07) is 12.8. The van der Waals surface area contributed by atoms with Gasteiger partial charge in [-0.15, -0.1) is 0 Å². The summed E-state index contributed by atoms with van der Waals surface area (Å²) in [5.41, 5.74) is 3.81. The molecule has 168 valence electrons. The fraction of sp³-hybridized carbons (Fsp3) is 0.100. The molecule has 0 aliphatic heterocycles. The first kappa shape index (κ1) is 25.2. The molecular weight excluding hydrogens is 501 g/mol. The number of nitro benzene ring substituents is 2. The second kappa shape index (κ2) is 12.1. The molecule has 0 aliphatic carbocycles. The first-order chi connectivity index (χ1) is 15.2. The summed E-state index contributed by atoms with van der Waals surface area (Å²) in [5, 5.41) is 21.9. The van der Waals surface area contributed by atoms with Crippen molar-refractivity contribution < 1.29 is 23.0 Å². The van der Waals surface area contributed by atoms with Crippen LogP contribution in [0.4, 0.5) is 22.7 Å². The summed E-state index contributed by atoms with van der Waals surface area (Å²) in [6.07, 6.45) is 3.13. The van der Waals surface area contributed by atoms with E-state index in [0.29, 0.717) is 5.69 Å². The van der Waals surface area contributed by atoms with Crippen molar-refractivity contribution in [2.24, 2.45) is 9.98 Å². The van der Waals surface area contributed by atoms with Crippen LogP contribution in [-0.4, -0.2) is 27.3 Å². The van der Waals surface area contributed by atoms with Gasteiger partial charge in [0.15, 0.2) is 0 Å². The van der Waals surface area contributed by atoms with Gasteiger partial charge in [-0.05, 0) is 49.2 Å². The first-order valence-corrected chi connectivity index (χ1v) is 11.9. The summed E-state index contributed by atoms with van der Waals surface area (Å²) in [4.78, 5) is 32.1. The number of nitro groups is 2. The Labute approximate surface area is 198 Å². The van der Waals surface area contributed by atoms with Gasteiger partial charge < -0.3 is 4.98 Å². The van der Waals surface area contributed by atoms with Crippen LogP contribution in [0.1, 0.15) is 22.5 Å². The molecule has 1 aromatic heterocycles. The van der Waals surface area contributed by atoms with E-state index in [2.05, 4.69) is 21.0 Å². The van der Waals surface area contributed by atoms with Crippen LogP contribution in [0.25, 0.3) is 0 Å². The number of H-pyrrole nitrogens is 1. The summed E-state index contributed by atoms with van der Waals surface area (Å²) in [6.45, 7) is 4.01. The predicted octanol–water partition coefficient (Wildman–Crippen LogP) is 6.33. The number of non-ortho nitro benzene ring substituents is 2. The van der Waals surface area contributed by atoms with E-state index in [4.69, 9.17) is 20.2 Å². The topological polar surface area (TPSA) is 127 Å². The van der Waals surface area contributed by atoms with E-state index in [-0.39, 0.29) is 30.2 Å². The van der Waals surface area contributed by atoms with E-state index >= 15 is 0 Å². The molecule has 0 fully saturated rings. The number of nitrogens with one attached hydrogen (secondary N) is 1. The molecule has 0 aliphatic rings. The Bertz CT molecular complexity index is 1130. The van der Waals surface area contributed by atoms with Crippen molar-refractivity contribution >= 4 is 55.4 Å². The SMILES string of the molecule is Cc1cc(C)cc(N=Cc2ccc(C=Nc3cc([N+](=O)[O-])cc([N+](=O)[O-])c3)[nH]2)c1.[Cl][Fe][Cl]. The molecule has 0 saturated heterocycles. The van der Waals surface area contributed by atoms with Gasteiger partial charge in [0.1, 0.15) is 0 Å². The maximum atomic E-state index is 10.9. The second-order valence-corrected chi connectivity index (χ2v) is 8.33. The number of hydrogen-bond acceptors (Lipinski definition) is 6. The summed E-state index contributed by atoms with van der Waals surface area (Å²) < 4.78 is 0. The molecule has 0 atom stereocenters. The molecule has 1 N–H and O–H groups in total. The Morgan fingerprint density at radius 2 is 1.22 bits per heavy atom. The first-order valence-electron chi connectivity index (χ1n) is 8.86. The minimum absolute atomic E-state index is 0.117. The molecule has 2 aromatic carbocycles. The van der Waals surface area contributed by atoms with Crippen LogP contribution in [0.15, 0.2) is 58.5 Å². The zero-order valence-corrected chi connectivity index (χ0v) is 19.4. The van der Waals surface area contributed by atoms with Crippen molar-refractivity contribution in [3.05, 3.63) is 91.3 Å². The number of aromatic amines is 1. The minimum atomic E-state index is -0.692. The molecule has 32 heavy (non-hydrogen) atoms. The van der Waals surface area contributed by atoms with Gasteiger partial charge in [-0.3, -0.25) is 30.2 Å². The summed E-state index contributed by atoms with van der Waals surface area (Å²) in [7, 11) is 9.53. The molecule has 0 amide bonds. The van der Waals surface area contributed by atoms with E-state index < -0.39 is 9.85 Å². The Balaban J connectivity index is 0.00000114. The number of hydrogen-bond donors (Lipinski definition) is 1. The van der Waals surface area contributed by atoms with E-state index in [1.165, 1.54) is 18.3 Å². The Morgan fingerprint density at radius 1 is 0.812 bits per heavy atom. The number of benzene rings is 2. The predicted molar refractivity (Wildman–Crippen MR) is 123 cm³/mol. The van der Waals surface area contributed by atoms with Crippen LogP contribution in [0.2, 0.25) is 0 Å². The van der Waals surface area contributed by atoms with E-state index in [0.717, 1.165) is 28.6 Å². The van der Waals surface area contributed by atoms with E-state index in [9.17, 15) is 20.2 Å². The third-order valence-electron chi connectivity index (χ3n) is 3.95. The van der Waals surface area contributed by atoms with E-state index in [1.54, 1.807) is 12.3 Å². The van der Waals surface area contributed by atoms with Crippen LogP contribution >= 0.6 is 20.2 Å². The van der Waals surface area contributed by atoms with Crippen LogP contribution in [0, 0.1) is 34.1 Å². The van der Waals surface area contributed by atoms with Crippen LogP contribution in [0.5, 0.6) is 0 Å². The molecule has 12 heteroatoms. The molecule has 3 rings (SSSR count). The van der Waals surface area contributed by atoms with Gasteiger partial charge in [0.2, 0.25) is 0 Å². The fourth-order valence-electron chi connectivity index (χ4n) is 2.76. The van der Waals surface area contributed by atoms with Crippen molar-refractivity contribution in [2.75, 3.05) is 0 Å². The van der Waals surface area contributed by atoms with Gasteiger partial charge in [-0.2, -0.15) is 0 Å². The van der Waals surface area contributed by atoms with Crippen molar-refractivity contribution in [3.63, 3.8) is 0 Å². The Kier molecular flexibility index (Phi) is 9.55. The standard InChI is InChI=1S/C20H17N5O4.2ClH.Fe/c1-13-5-14(2)7-17(6-13)21-11-15-3-4-16(23-15)12-22-18-8-19(24(26)27)10-20(9-18)25(28)29;;;/h3-12,23H,1-2H3;2*1H;/q;;;+2/p-2. The van der Waals surface area contributed by atoms with Gasteiger partial charge >= 0.3 is 33.3 Å². The normalized spacial score (nSPS) is 11.0. The second-order valence-electron chi connectivity index (χ2n) is 6.50. The molecule has 1 heterocycles. The molecular formula is C20H17Cl2FeN5O4. The summed E-state index contributed by atoms with van der Waals surface area (Å²) in [5.74, 6) is 0. The number of halogens is 2. The monoisotopic (exact) mass is 517 g/mol. The molecule has 0 radical (unpaired) electrons. The fourth-order valence-corrected chi connectivity index (χ4v) is 2.76. The van der Waals surface area contributed by atoms with Gasteiger partial charge in [0.05, 0.1) is 51.1 Å².